The Labute approximate surface area is 194 Å². The molecule has 3 aromatic carbocycles. The van der Waals surface area contributed by atoms with Crippen LogP contribution in [-0.4, -0.2) is 31.0 Å². The van der Waals surface area contributed by atoms with Gasteiger partial charge in [-0.1, -0.05) is 42.5 Å². The molecule has 2 amide bonds. The fourth-order valence-corrected chi connectivity index (χ4v) is 3.98. The summed E-state index contributed by atoms with van der Waals surface area (Å²) < 4.78 is 5.52. The largest absolute Gasteiger partial charge is 0.484 e. The third kappa shape index (κ3) is 5.71. The van der Waals surface area contributed by atoms with Crippen LogP contribution < -0.4 is 20.3 Å². The van der Waals surface area contributed by atoms with Crippen LogP contribution in [0.3, 0.4) is 0 Å². The normalized spacial score (nSPS) is 12.8. The van der Waals surface area contributed by atoms with E-state index < -0.39 is 0 Å². The third-order valence-electron chi connectivity index (χ3n) is 5.53. The molecule has 0 spiro atoms. The molecule has 6 heteroatoms. The van der Waals surface area contributed by atoms with Crippen molar-refractivity contribution in [1.29, 1.82) is 0 Å². The molecule has 1 aliphatic heterocycles. The highest BCUT2D eigenvalue weighted by molar-refractivity contribution is 6.02. The lowest BCUT2D eigenvalue weighted by Gasteiger charge is -2.32. The van der Waals surface area contributed by atoms with Gasteiger partial charge < -0.3 is 20.3 Å². The number of hydrogen-bond acceptors (Lipinski definition) is 4. The first kappa shape index (κ1) is 22.4. The molecule has 0 fully saturated rings. The Hall–Kier alpha value is -3.80. The Balaban J connectivity index is 1.52. The lowest BCUT2D eigenvalue weighted by atomic mass is 9.98. The minimum Gasteiger partial charge on any atom is -0.484 e. The second kappa shape index (κ2) is 10.2. The monoisotopic (exact) mass is 443 g/mol. The number of nitrogens with one attached hydrogen (secondary N) is 2. The number of fused-ring (bicyclic) bond motifs is 1. The summed E-state index contributed by atoms with van der Waals surface area (Å²) in [5.74, 6) is 0.189. The van der Waals surface area contributed by atoms with Crippen molar-refractivity contribution in [2.45, 2.75) is 32.9 Å². The number of amides is 2. The van der Waals surface area contributed by atoms with Gasteiger partial charge >= 0.3 is 0 Å². The number of rotatable bonds is 7. The lowest BCUT2D eigenvalue weighted by Crippen LogP contribution is -2.35. The van der Waals surface area contributed by atoms with Gasteiger partial charge in [-0.25, -0.2) is 0 Å². The highest BCUT2D eigenvalue weighted by Gasteiger charge is 2.22. The van der Waals surface area contributed by atoms with Gasteiger partial charge in [0.25, 0.3) is 11.8 Å². The van der Waals surface area contributed by atoms with E-state index in [2.05, 4.69) is 33.7 Å². The third-order valence-corrected chi connectivity index (χ3v) is 5.53. The van der Waals surface area contributed by atoms with Crippen molar-refractivity contribution >= 4 is 23.2 Å². The number of para-hydroxylation sites is 1. The van der Waals surface area contributed by atoms with Crippen molar-refractivity contribution in [2.24, 2.45) is 0 Å². The summed E-state index contributed by atoms with van der Waals surface area (Å²) >= 11 is 0. The Morgan fingerprint density at radius 1 is 0.970 bits per heavy atom. The number of benzene rings is 3. The van der Waals surface area contributed by atoms with E-state index in [1.54, 1.807) is 18.2 Å². The molecule has 0 saturated heterocycles. The molecule has 6 nitrogen and oxygen atoms in total. The Morgan fingerprint density at radius 3 is 2.45 bits per heavy atom. The molecule has 2 N–H and O–H groups in total. The Kier molecular flexibility index (Phi) is 6.93. The molecule has 0 bridgehead atoms. The topological polar surface area (TPSA) is 70.7 Å². The average Bonchev–Trinajstić information content (AvgIpc) is 2.82. The predicted molar refractivity (Wildman–Crippen MR) is 131 cm³/mol. The van der Waals surface area contributed by atoms with Gasteiger partial charge in [0.15, 0.2) is 6.61 Å². The zero-order valence-corrected chi connectivity index (χ0v) is 19.0. The van der Waals surface area contributed by atoms with E-state index in [1.165, 1.54) is 11.1 Å². The van der Waals surface area contributed by atoms with Crippen molar-refractivity contribution in [3.63, 3.8) is 0 Å². The maximum atomic E-state index is 13.0. The highest BCUT2D eigenvalue weighted by atomic mass is 16.5. The molecule has 0 saturated carbocycles. The predicted octanol–water partition coefficient (Wildman–Crippen LogP) is 4.41. The SMILES string of the molecule is CC(C)NC(=O)c1cc(NC(=O)COc2ccccc2)ccc1N1CCc2ccccc2C1. The maximum Gasteiger partial charge on any atom is 0.262 e. The molecular formula is C27H29N3O3. The number of ether oxygens (including phenoxy) is 1. The van der Waals surface area contributed by atoms with Crippen LogP contribution in [0.15, 0.2) is 72.8 Å². The van der Waals surface area contributed by atoms with E-state index in [0.717, 1.165) is 25.2 Å². The summed E-state index contributed by atoms with van der Waals surface area (Å²) in [4.78, 5) is 27.7. The second-order valence-corrected chi connectivity index (χ2v) is 8.45. The van der Waals surface area contributed by atoms with E-state index >= 15 is 0 Å². The van der Waals surface area contributed by atoms with Gasteiger partial charge in [0.1, 0.15) is 5.75 Å². The van der Waals surface area contributed by atoms with Crippen LogP contribution in [0.25, 0.3) is 0 Å². The summed E-state index contributed by atoms with van der Waals surface area (Å²) in [5, 5.41) is 5.83. The summed E-state index contributed by atoms with van der Waals surface area (Å²) in [6.45, 7) is 5.33. The van der Waals surface area contributed by atoms with Gasteiger partial charge in [-0.15, -0.1) is 0 Å². The summed E-state index contributed by atoms with van der Waals surface area (Å²) in [5.41, 5.74) is 4.59. The number of anilines is 2. The summed E-state index contributed by atoms with van der Waals surface area (Å²) in [6.07, 6.45) is 0.927. The second-order valence-electron chi connectivity index (χ2n) is 8.45. The number of carbonyl (C=O) groups excluding carboxylic acids is 2. The van der Waals surface area contributed by atoms with Crippen LogP contribution >= 0.6 is 0 Å². The van der Waals surface area contributed by atoms with Crippen LogP contribution in [0, 0.1) is 0 Å². The molecule has 0 unspecified atom stereocenters. The first-order chi connectivity index (χ1) is 16.0. The molecule has 0 aromatic heterocycles. The minimum absolute atomic E-state index is 0.00458. The summed E-state index contributed by atoms with van der Waals surface area (Å²) in [6, 6.07) is 23.1. The van der Waals surface area contributed by atoms with Crippen LogP contribution in [0.1, 0.15) is 35.3 Å². The molecule has 0 radical (unpaired) electrons. The molecule has 4 rings (SSSR count). The van der Waals surface area contributed by atoms with Crippen LogP contribution in [0.2, 0.25) is 0 Å². The van der Waals surface area contributed by atoms with E-state index in [9.17, 15) is 9.59 Å². The van der Waals surface area contributed by atoms with Crippen LogP contribution in [-0.2, 0) is 17.8 Å². The van der Waals surface area contributed by atoms with Gasteiger partial charge in [-0.2, -0.15) is 0 Å². The minimum atomic E-state index is -0.284. The number of nitrogens with zero attached hydrogens (tertiary/aromatic N) is 1. The zero-order valence-electron chi connectivity index (χ0n) is 19.0. The van der Waals surface area contributed by atoms with Gasteiger partial charge in [0.2, 0.25) is 0 Å². The fourth-order valence-electron chi connectivity index (χ4n) is 3.98. The van der Waals surface area contributed by atoms with E-state index in [4.69, 9.17) is 4.74 Å². The molecule has 1 heterocycles. The first-order valence-corrected chi connectivity index (χ1v) is 11.2. The van der Waals surface area contributed by atoms with Crippen molar-refractivity contribution in [2.75, 3.05) is 23.4 Å². The molecule has 33 heavy (non-hydrogen) atoms. The quantitative estimate of drug-likeness (QED) is 0.568. The Morgan fingerprint density at radius 2 is 1.70 bits per heavy atom. The van der Waals surface area contributed by atoms with Crippen molar-refractivity contribution in [3.8, 4) is 5.75 Å². The summed E-state index contributed by atoms with van der Waals surface area (Å²) in [7, 11) is 0. The average molecular weight is 444 g/mol. The smallest absolute Gasteiger partial charge is 0.262 e. The molecule has 0 atom stereocenters. The number of carbonyl (C=O) groups is 2. The Bertz CT molecular complexity index is 1130. The van der Waals surface area contributed by atoms with Gasteiger partial charge in [0.05, 0.1) is 5.56 Å². The standard InChI is InChI=1S/C27H29N3O3/c1-19(2)28-27(32)24-16-22(29-26(31)18-33-23-10-4-3-5-11-23)12-13-25(24)30-15-14-20-8-6-7-9-21(20)17-30/h3-13,16,19H,14-15,17-18H2,1-2H3,(H,28,32)(H,29,31). The van der Waals surface area contributed by atoms with E-state index in [1.807, 2.05) is 50.2 Å². The molecule has 3 aromatic rings. The van der Waals surface area contributed by atoms with Crippen molar-refractivity contribution < 1.29 is 14.3 Å². The maximum absolute atomic E-state index is 13.0. The number of hydrogen-bond donors (Lipinski definition) is 2. The van der Waals surface area contributed by atoms with E-state index in [0.29, 0.717) is 17.0 Å². The zero-order chi connectivity index (χ0) is 23.2. The van der Waals surface area contributed by atoms with Gasteiger partial charge in [0, 0.05) is 30.5 Å². The lowest BCUT2D eigenvalue weighted by molar-refractivity contribution is -0.118. The first-order valence-electron chi connectivity index (χ1n) is 11.2. The van der Waals surface area contributed by atoms with Crippen LogP contribution in [0.5, 0.6) is 5.75 Å². The van der Waals surface area contributed by atoms with Crippen LogP contribution in [0.4, 0.5) is 11.4 Å². The molecule has 170 valence electrons. The highest BCUT2D eigenvalue weighted by Crippen LogP contribution is 2.29. The van der Waals surface area contributed by atoms with E-state index in [-0.39, 0.29) is 24.5 Å². The molecule has 1 aliphatic rings. The van der Waals surface area contributed by atoms with Gasteiger partial charge in [-0.05, 0) is 61.7 Å². The fraction of sp³-hybridized carbons (Fsp3) is 0.259. The van der Waals surface area contributed by atoms with Gasteiger partial charge in [-0.3, -0.25) is 9.59 Å². The molecular weight excluding hydrogens is 414 g/mol. The van der Waals surface area contributed by atoms with Crippen molar-refractivity contribution in [1.82, 2.24) is 5.32 Å². The van der Waals surface area contributed by atoms with Crippen molar-refractivity contribution in [3.05, 3.63) is 89.5 Å². The molecule has 0 aliphatic carbocycles.